The first-order valence-corrected chi connectivity index (χ1v) is 10.5. The van der Waals surface area contributed by atoms with Crippen molar-refractivity contribution < 1.29 is 9.59 Å². The smallest absolute Gasteiger partial charge is 0.227 e. The second kappa shape index (κ2) is 10.9. The third-order valence-electron chi connectivity index (χ3n) is 4.91. The van der Waals surface area contributed by atoms with Crippen molar-refractivity contribution in [3.05, 3.63) is 71.7 Å². The Balaban J connectivity index is 1.50. The third kappa shape index (κ3) is 6.01. The predicted molar refractivity (Wildman–Crippen MR) is 121 cm³/mol. The Bertz CT molecular complexity index is 1100. The second-order valence-electron chi connectivity index (χ2n) is 7.43. The van der Waals surface area contributed by atoms with Gasteiger partial charge in [-0.2, -0.15) is 10.4 Å². The first kappa shape index (κ1) is 22.7. The molecule has 0 radical (unpaired) electrons. The van der Waals surface area contributed by atoms with Gasteiger partial charge in [0.2, 0.25) is 11.8 Å². The Hall–Kier alpha value is -3.99. The Morgan fingerprint density at radius 1 is 1.12 bits per heavy atom. The van der Waals surface area contributed by atoms with Gasteiger partial charge in [0.15, 0.2) is 5.82 Å². The van der Waals surface area contributed by atoms with Gasteiger partial charge in [-0.15, -0.1) is 0 Å². The summed E-state index contributed by atoms with van der Waals surface area (Å²) < 4.78 is 1.77. The van der Waals surface area contributed by atoms with E-state index in [1.54, 1.807) is 15.8 Å². The molecule has 8 heteroatoms. The highest BCUT2D eigenvalue weighted by molar-refractivity contribution is 5.95. The van der Waals surface area contributed by atoms with E-state index in [2.05, 4.69) is 21.5 Å². The molecule has 3 aromatic rings. The number of anilines is 1. The van der Waals surface area contributed by atoms with Gasteiger partial charge in [-0.3, -0.25) is 9.59 Å². The van der Waals surface area contributed by atoms with E-state index in [1.165, 1.54) is 0 Å². The Labute approximate surface area is 187 Å². The minimum atomic E-state index is -0.214. The average molecular weight is 431 g/mol. The van der Waals surface area contributed by atoms with Crippen molar-refractivity contribution >= 4 is 17.5 Å². The molecule has 32 heavy (non-hydrogen) atoms. The Morgan fingerprint density at radius 3 is 2.53 bits per heavy atom. The lowest BCUT2D eigenvalue weighted by atomic mass is 10.2. The van der Waals surface area contributed by atoms with Crippen molar-refractivity contribution in [1.29, 1.82) is 5.26 Å². The van der Waals surface area contributed by atoms with Crippen LogP contribution < -0.4 is 10.2 Å². The number of nitrogens with zero attached hydrogens (tertiary/aromatic N) is 5. The molecule has 0 atom stereocenters. The third-order valence-corrected chi connectivity index (χ3v) is 4.91. The van der Waals surface area contributed by atoms with Gasteiger partial charge in [-0.25, -0.2) is 9.67 Å². The first-order valence-electron chi connectivity index (χ1n) is 10.5. The Kier molecular flexibility index (Phi) is 7.70. The second-order valence-corrected chi connectivity index (χ2v) is 7.43. The molecule has 164 valence electrons. The van der Waals surface area contributed by atoms with Gasteiger partial charge in [-0.05, 0) is 43.7 Å². The van der Waals surface area contributed by atoms with Crippen LogP contribution in [0.1, 0.15) is 36.2 Å². The van der Waals surface area contributed by atoms with Crippen LogP contribution in [0, 0.1) is 25.2 Å². The summed E-state index contributed by atoms with van der Waals surface area (Å²) in [7, 11) is 0. The maximum Gasteiger partial charge on any atom is 0.227 e. The zero-order chi connectivity index (χ0) is 22.9. The van der Waals surface area contributed by atoms with Gasteiger partial charge in [0.25, 0.3) is 0 Å². The van der Waals surface area contributed by atoms with Crippen molar-refractivity contribution in [2.24, 2.45) is 0 Å². The summed E-state index contributed by atoms with van der Waals surface area (Å²) in [5.74, 6) is 0.321. The van der Waals surface area contributed by atoms with Crippen LogP contribution in [0.3, 0.4) is 0 Å². The van der Waals surface area contributed by atoms with Crippen molar-refractivity contribution in [2.45, 2.75) is 39.7 Å². The number of hydrogen-bond acceptors (Lipinski definition) is 5. The number of hydrogen-bond donors (Lipinski definition) is 1. The molecule has 0 aliphatic rings. The number of pyridine rings is 1. The van der Waals surface area contributed by atoms with Gasteiger partial charge >= 0.3 is 0 Å². The van der Waals surface area contributed by atoms with Gasteiger partial charge in [-0.1, -0.05) is 24.3 Å². The molecule has 0 spiro atoms. The van der Waals surface area contributed by atoms with Crippen molar-refractivity contribution in [3.63, 3.8) is 0 Å². The molecule has 0 saturated carbocycles. The number of rotatable bonds is 9. The first-order chi connectivity index (χ1) is 15.5. The molecule has 2 heterocycles. The molecule has 3 rings (SSSR count). The minimum absolute atomic E-state index is 0.0707. The van der Waals surface area contributed by atoms with Crippen LogP contribution in [-0.4, -0.2) is 33.1 Å². The standard InChI is InChI=1S/C24H26N6O2/c1-18-15-19(2)30(28-18)22-10-9-20(16-26-22)17-27-23(31)11-12-24(32)29(14-6-13-25)21-7-4-3-5-8-21/h3-5,7-10,15-16H,6,11-12,14,17H2,1-2H3,(H,27,31). The highest BCUT2D eigenvalue weighted by Crippen LogP contribution is 2.16. The molecule has 0 bridgehead atoms. The van der Waals surface area contributed by atoms with Crippen LogP contribution >= 0.6 is 0 Å². The number of nitrogens with one attached hydrogen (secondary N) is 1. The number of amides is 2. The molecule has 0 aliphatic heterocycles. The van der Waals surface area contributed by atoms with E-state index in [9.17, 15) is 9.59 Å². The number of para-hydroxylation sites is 1. The molecule has 0 unspecified atom stereocenters. The van der Waals surface area contributed by atoms with E-state index in [1.807, 2.05) is 62.4 Å². The van der Waals surface area contributed by atoms with E-state index in [0.717, 1.165) is 28.5 Å². The van der Waals surface area contributed by atoms with Crippen LogP contribution in [0.25, 0.3) is 5.82 Å². The molecule has 2 amide bonds. The molecule has 0 aliphatic carbocycles. The lowest BCUT2D eigenvalue weighted by Crippen LogP contribution is -2.33. The van der Waals surface area contributed by atoms with E-state index in [0.29, 0.717) is 13.1 Å². The topological polar surface area (TPSA) is 104 Å². The summed E-state index contributed by atoms with van der Waals surface area (Å²) in [5, 5.41) is 16.1. The summed E-state index contributed by atoms with van der Waals surface area (Å²) in [6.45, 7) is 4.53. The largest absolute Gasteiger partial charge is 0.352 e. The van der Waals surface area contributed by atoms with Crippen LogP contribution in [0.15, 0.2) is 54.7 Å². The summed E-state index contributed by atoms with van der Waals surface area (Å²) in [5.41, 5.74) is 3.51. The van der Waals surface area contributed by atoms with E-state index in [4.69, 9.17) is 5.26 Å². The number of aromatic nitrogens is 3. The molecule has 2 aromatic heterocycles. The lowest BCUT2D eigenvalue weighted by molar-refractivity contribution is -0.125. The van der Waals surface area contributed by atoms with Crippen molar-refractivity contribution in [3.8, 4) is 11.9 Å². The zero-order valence-electron chi connectivity index (χ0n) is 18.3. The molecular weight excluding hydrogens is 404 g/mol. The van der Waals surface area contributed by atoms with Crippen molar-refractivity contribution in [2.75, 3.05) is 11.4 Å². The van der Waals surface area contributed by atoms with Gasteiger partial charge < -0.3 is 10.2 Å². The quantitative estimate of drug-likeness (QED) is 0.561. The van der Waals surface area contributed by atoms with Gasteiger partial charge in [0, 0.05) is 43.5 Å². The SMILES string of the molecule is Cc1cc(C)n(-c2ccc(CNC(=O)CCC(=O)N(CCC#N)c3ccccc3)cn2)n1. The molecule has 1 N–H and O–H groups in total. The summed E-state index contributed by atoms with van der Waals surface area (Å²) in [6, 6.07) is 17.0. The van der Waals surface area contributed by atoms with Crippen LogP contribution in [0.5, 0.6) is 0 Å². The summed E-state index contributed by atoms with van der Waals surface area (Å²) in [6.07, 6.45) is 2.08. The average Bonchev–Trinajstić information content (AvgIpc) is 3.15. The Morgan fingerprint density at radius 2 is 1.91 bits per heavy atom. The maximum atomic E-state index is 12.6. The summed E-state index contributed by atoms with van der Waals surface area (Å²) in [4.78, 5) is 30.9. The number of carbonyl (C=O) groups is 2. The minimum Gasteiger partial charge on any atom is -0.352 e. The molecule has 1 aromatic carbocycles. The van der Waals surface area contributed by atoms with Gasteiger partial charge in [0.1, 0.15) is 0 Å². The fraction of sp³-hybridized carbons (Fsp3) is 0.292. The number of carbonyl (C=O) groups excluding carboxylic acids is 2. The molecule has 8 nitrogen and oxygen atoms in total. The van der Waals surface area contributed by atoms with Gasteiger partial charge in [0.05, 0.1) is 18.2 Å². The van der Waals surface area contributed by atoms with E-state index in [-0.39, 0.29) is 31.1 Å². The fourth-order valence-corrected chi connectivity index (χ4v) is 3.32. The van der Waals surface area contributed by atoms with Crippen molar-refractivity contribution in [1.82, 2.24) is 20.1 Å². The van der Waals surface area contributed by atoms with Crippen LogP contribution in [0.4, 0.5) is 5.69 Å². The number of nitriles is 1. The number of benzene rings is 1. The highest BCUT2D eigenvalue weighted by atomic mass is 16.2. The highest BCUT2D eigenvalue weighted by Gasteiger charge is 2.16. The van der Waals surface area contributed by atoms with Crippen LogP contribution in [-0.2, 0) is 16.1 Å². The molecule has 0 fully saturated rings. The summed E-state index contributed by atoms with van der Waals surface area (Å²) >= 11 is 0. The monoisotopic (exact) mass is 430 g/mol. The maximum absolute atomic E-state index is 12.6. The van der Waals surface area contributed by atoms with Crippen LogP contribution in [0.2, 0.25) is 0 Å². The lowest BCUT2D eigenvalue weighted by Gasteiger charge is -2.21. The predicted octanol–water partition coefficient (Wildman–Crippen LogP) is 3.23. The zero-order valence-corrected chi connectivity index (χ0v) is 18.3. The molecule has 0 saturated heterocycles. The van der Waals surface area contributed by atoms with E-state index < -0.39 is 0 Å². The fourth-order valence-electron chi connectivity index (χ4n) is 3.32. The molecular formula is C24H26N6O2. The number of aryl methyl sites for hydroxylation is 2. The van der Waals surface area contributed by atoms with E-state index >= 15 is 0 Å². The normalized spacial score (nSPS) is 10.4.